The number of hydrogen-bond donors (Lipinski definition) is 2. The van der Waals surface area contributed by atoms with E-state index in [1.165, 1.54) is 12.1 Å². The fraction of sp³-hybridized carbons (Fsp3) is 0.222. The van der Waals surface area contributed by atoms with Crippen molar-refractivity contribution in [3.63, 3.8) is 0 Å². The predicted octanol–water partition coefficient (Wildman–Crippen LogP) is 0.306. The molecule has 15 heavy (non-hydrogen) atoms. The molecule has 1 rings (SSSR count). The Hall–Kier alpha value is -0.845. The van der Waals surface area contributed by atoms with Crippen molar-refractivity contribution >= 4 is 34.5 Å². The number of rotatable bonds is 3. The van der Waals surface area contributed by atoms with Crippen molar-refractivity contribution in [3.8, 4) is 0 Å². The fourth-order valence-electron chi connectivity index (χ4n) is 1.07. The number of carbonyl (C=O) groups is 1. The molecule has 80 valence electrons. The van der Waals surface area contributed by atoms with Gasteiger partial charge >= 0.3 is 13.1 Å². The van der Waals surface area contributed by atoms with E-state index < -0.39 is 13.1 Å². The zero-order valence-electron chi connectivity index (χ0n) is 8.11. The van der Waals surface area contributed by atoms with Gasteiger partial charge in [0.1, 0.15) is 0 Å². The number of benzene rings is 1. The molecule has 0 aromatic heterocycles. The third-order valence-corrected chi connectivity index (χ3v) is 2.48. The second-order valence-electron chi connectivity index (χ2n) is 2.83. The fourth-order valence-corrected chi connectivity index (χ4v) is 1.48. The monoisotopic (exact) mass is 272 g/mol. The second-order valence-corrected chi connectivity index (χ2v) is 3.69. The van der Waals surface area contributed by atoms with Gasteiger partial charge in [0.2, 0.25) is 0 Å². The molecular formula is C9H10BBrO4. The van der Waals surface area contributed by atoms with Gasteiger partial charge in [0, 0.05) is 4.47 Å². The van der Waals surface area contributed by atoms with Crippen LogP contribution in [0.5, 0.6) is 0 Å². The lowest BCUT2D eigenvalue weighted by atomic mass is 9.80. The standard InChI is InChI=1S/C9H10BBrO4/c1-2-15-9(12)7-5-6(10(13)14)3-4-8(7)11/h3-5,13-14H,2H2,1H3. The molecule has 0 fully saturated rings. The van der Waals surface area contributed by atoms with E-state index in [9.17, 15) is 4.79 Å². The molecule has 1 aromatic carbocycles. The van der Waals surface area contributed by atoms with E-state index in [0.29, 0.717) is 4.47 Å². The molecule has 0 amide bonds. The van der Waals surface area contributed by atoms with Gasteiger partial charge in [-0.15, -0.1) is 0 Å². The quantitative estimate of drug-likeness (QED) is 0.614. The van der Waals surface area contributed by atoms with Crippen LogP contribution < -0.4 is 5.46 Å². The van der Waals surface area contributed by atoms with Gasteiger partial charge in [-0.3, -0.25) is 0 Å². The zero-order valence-corrected chi connectivity index (χ0v) is 9.69. The van der Waals surface area contributed by atoms with Gasteiger partial charge in [-0.05, 0) is 40.4 Å². The summed E-state index contributed by atoms with van der Waals surface area (Å²) >= 11 is 3.19. The lowest BCUT2D eigenvalue weighted by Crippen LogP contribution is -2.30. The first kappa shape index (κ1) is 12.2. The highest BCUT2D eigenvalue weighted by molar-refractivity contribution is 9.10. The van der Waals surface area contributed by atoms with Crippen molar-refractivity contribution in [3.05, 3.63) is 28.2 Å². The summed E-state index contributed by atoms with van der Waals surface area (Å²) in [7, 11) is -1.59. The van der Waals surface area contributed by atoms with Crippen molar-refractivity contribution in [1.29, 1.82) is 0 Å². The Balaban J connectivity index is 3.05. The van der Waals surface area contributed by atoms with Gasteiger partial charge in [0.15, 0.2) is 0 Å². The maximum Gasteiger partial charge on any atom is 0.488 e. The van der Waals surface area contributed by atoms with E-state index in [0.717, 1.165) is 0 Å². The molecule has 0 aliphatic carbocycles. The summed E-state index contributed by atoms with van der Waals surface area (Å²) in [5.41, 5.74) is 0.531. The average Bonchev–Trinajstić information content (AvgIpc) is 2.18. The van der Waals surface area contributed by atoms with Crippen LogP contribution in [0.4, 0.5) is 0 Å². The molecule has 0 radical (unpaired) electrons. The summed E-state index contributed by atoms with van der Waals surface area (Å²) < 4.78 is 5.37. The minimum Gasteiger partial charge on any atom is -0.462 e. The molecule has 0 atom stereocenters. The van der Waals surface area contributed by atoms with E-state index in [-0.39, 0.29) is 17.6 Å². The Morgan fingerprint density at radius 1 is 1.53 bits per heavy atom. The second kappa shape index (κ2) is 5.30. The van der Waals surface area contributed by atoms with Crippen LogP contribution >= 0.6 is 15.9 Å². The third kappa shape index (κ3) is 3.05. The molecule has 4 nitrogen and oxygen atoms in total. The van der Waals surface area contributed by atoms with E-state index in [1.54, 1.807) is 13.0 Å². The SMILES string of the molecule is CCOC(=O)c1cc(B(O)O)ccc1Br. The molecule has 0 unspecified atom stereocenters. The molecule has 0 saturated heterocycles. The smallest absolute Gasteiger partial charge is 0.462 e. The van der Waals surface area contributed by atoms with Gasteiger partial charge in [0.25, 0.3) is 0 Å². The van der Waals surface area contributed by atoms with E-state index in [2.05, 4.69) is 15.9 Å². The highest BCUT2D eigenvalue weighted by Gasteiger charge is 2.17. The summed E-state index contributed by atoms with van der Waals surface area (Å²) in [4.78, 5) is 11.4. The minimum absolute atomic E-state index is 0.251. The number of carbonyl (C=O) groups excluding carboxylic acids is 1. The number of halogens is 1. The van der Waals surface area contributed by atoms with E-state index in [4.69, 9.17) is 14.8 Å². The first-order valence-electron chi connectivity index (χ1n) is 4.39. The van der Waals surface area contributed by atoms with Crippen LogP contribution in [0.15, 0.2) is 22.7 Å². The first-order chi connectivity index (χ1) is 7.06. The van der Waals surface area contributed by atoms with Crippen LogP contribution in [0.3, 0.4) is 0 Å². The zero-order chi connectivity index (χ0) is 11.4. The van der Waals surface area contributed by atoms with Crippen LogP contribution in [-0.2, 0) is 4.74 Å². The molecule has 2 N–H and O–H groups in total. The Labute approximate surface area is 96.1 Å². The summed E-state index contributed by atoms with van der Waals surface area (Å²) in [5, 5.41) is 17.9. The third-order valence-electron chi connectivity index (χ3n) is 1.78. The van der Waals surface area contributed by atoms with E-state index >= 15 is 0 Å². The molecule has 0 saturated carbocycles. The Morgan fingerprint density at radius 3 is 2.73 bits per heavy atom. The first-order valence-corrected chi connectivity index (χ1v) is 5.18. The average molecular weight is 273 g/mol. The Bertz CT molecular complexity index is 367. The van der Waals surface area contributed by atoms with Crippen molar-refractivity contribution in [2.75, 3.05) is 6.61 Å². The molecule has 6 heteroatoms. The Morgan fingerprint density at radius 2 is 2.20 bits per heavy atom. The van der Waals surface area contributed by atoms with Gasteiger partial charge < -0.3 is 14.8 Å². The summed E-state index contributed by atoms with van der Waals surface area (Å²) in [5.74, 6) is -0.494. The molecule has 0 bridgehead atoms. The molecule has 0 aliphatic rings. The molecule has 0 spiro atoms. The van der Waals surface area contributed by atoms with Crippen LogP contribution in [0.1, 0.15) is 17.3 Å². The lowest BCUT2D eigenvalue weighted by molar-refractivity contribution is 0.0525. The lowest BCUT2D eigenvalue weighted by Gasteiger charge is -2.06. The largest absolute Gasteiger partial charge is 0.488 e. The Kier molecular flexibility index (Phi) is 4.32. The van der Waals surface area contributed by atoms with Gasteiger partial charge in [-0.2, -0.15) is 0 Å². The normalized spacial score (nSPS) is 9.87. The maximum atomic E-state index is 11.4. The van der Waals surface area contributed by atoms with Crippen LogP contribution in [-0.4, -0.2) is 29.7 Å². The number of ether oxygens (including phenoxy) is 1. The van der Waals surface area contributed by atoms with Crippen molar-refractivity contribution in [2.24, 2.45) is 0 Å². The maximum absolute atomic E-state index is 11.4. The summed E-state index contributed by atoms with van der Waals surface area (Å²) in [6.45, 7) is 1.98. The number of hydrogen-bond acceptors (Lipinski definition) is 4. The number of esters is 1. The van der Waals surface area contributed by atoms with Crippen LogP contribution in [0.2, 0.25) is 0 Å². The van der Waals surface area contributed by atoms with Crippen LogP contribution in [0.25, 0.3) is 0 Å². The van der Waals surface area contributed by atoms with E-state index in [1.807, 2.05) is 0 Å². The minimum atomic E-state index is -1.59. The topological polar surface area (TPSA) is 66.8 Å². The van der Waals surface area contributed by atoms with Gasteiger partial charge in [-0.1, -0.05) is 6.07 Å². The van der Waals surface area contributed by atoms with Gasteiger partial charge in [0.05, 0.1) is 12.2 Å². The van der Waals surface area contributed by atoms with Gasteiger partial charge in [-0.25, -0.2) is 4.79 Å². The summed E-state index contributed by atoms with van der Waals surface area (Å²) in [6, 6.07) is 4.46. The highest BCUT2D eigenvalue weighted by atomic mass is 79.9. The molecular weight excluding hydrogens is 263 g/mol. The van der Waals surface area contributed by atoms with Crippen molar-refractivity contribution in [1.82, 2.24) is 0 Å². The predicted molar refractivity (Wildman–Crippen MR) is 59.9 cm³/mol. The van der Waals surface area contributed by atoms with Crippen molar-refractivity contribution < 1.29 is 19.6 Å². The van der Waals surface area contributed by atoms with Crippen molar-refractivity contribution in [2.45, 2.75) is 6.92 Å². The summed E-state index contributed by atoms with van der Waals surface area (Å²) in [6.07, 6.45) is 0. The van der Waals surface area contributed by atoms with Crippen LogP contribution in [0, 0.1) is 0 Å². The molecule has 1 aromatic rings. The highest BCUT2D eigenvalue weighted by Crippen LogP contribution is 2.16. The molecule has 0 aliphatic heterocycles. The molecule has 0 heterocycles.